The van der Waals surface area contributed by atoms with Gasteiger partial charge in [0.15, 0.2) is 0 Å². The quantitative estimate of drug-likeness (QED) is 0.774. The van der Waals surface area contributed by atoms with E-state index >= 15 is 0 Å². The standard InChI is InChI=1S/C10H16N4O3S2/c1-7-8(11)6-9(18-7)10(15)13-2-4-14(5-3-13)19(12,16)17/h6H,2-5,11H2,1H3,(H2,12,16,17). The average Bonchev–Trinajstić information content (AvgIpc) is 2.68. The summed E-state index contributed by atoms with van der Waals surface area (Å²) in [5.74, 6) is -0.112. The Morgan fingerprint density at radius 2 is 1.89 bits per heavy atom. The number of aryl methyl sites for hydroxylation is 1. The number of carbonyl (C=O) groups excluding carboxylic acids is 1. The Labute approximate surface area is 116 Å². The van der Waals surface area contributed by atoms with Crippen molar-refractivity contribution in [3.8, 4) is 0 Å². The lowest BCUT2D eigenvalue weighted by Crippen LogP contribution is -2.52. The van der Waals surface area contributed by atoms with Gasteiger partial charge in [-0.25, -0.2) is 5.14 Å². The van der Waals surface area contributed by atoms with Gasteiger partial charge in [-0.3, -0.25) is 4.79 Å². The number of hydrogen-bond donors (Lipinski definition) is 2. The summed E-state index contributed by atoms with van der Waals surface area (Å²) >= 11 is 1.35. The summed E-state index contributed by atoms with van der Waals surface area (Å²) in [6, 6.07) is 1.66. The van der Waals surface area contributed by atoms with E-state index in [0.29, 0.717) is 23.7 Å². The summed E-state index contributed by atoms with van der Waals surface area (Å²) < 4.78 is 23.5. The first-order valence-electron chi connectivity index (χ1n) is 5.72. The molecule has 0 spiro atoms. The maximum atomic E-state index is 12.2. The van der Waals surface area contributed by atoms with Crippen LogP contribution in [0.3, 0.4) is 0 Å². The Bertz CT molecular complexity index is 568. The lowest BCUT2D eigenvalue weighted by Gasteiger charge is -2.32. The van der Waals surface area contributed by atoms with Gasteiger partial charge in [0.05, 0.1) is 4.88 Å². The highest BCUT2D eigenvalue weighted by molar-refractivity contribution is 7.86. The van der Waals surface area contributed by atoms with Gasteiger partial charge in [0.2, 0.25) is 0 Å². The number of anilines is 1. The van der Waals surface area contributed by atoms with Crippen LogP contribution in [0.25, 0.3) is 0 Å². The average molecular weight is 304 g/mol. The largest absolute Gasteiger partial charge is 0.398 e. The third-order valence-corrected chi connectivity index (χ3v) is 5.19. The van der Waals surface area contributed by atoms with Crippen molar-refractivity contribution in [2.75, 3.05) is 31.9 Å². The summed E-state index contributed by atoms with van der Waals surface area (Å²) in [5, 5.41) is 5.05. The first-order valence-corrected chi connectivity index (χ1v) is 8.04. The van der Waals surface area contributed by atoms with Gasteiger partial charge in [0.1, 0.15) is 0 Å². The fraction of sp³-hybridized carbons (Fsp3) is 0.500. The molecule has 9 heteroatoms. The molecule has 0 radical (unpaired) electrons. The third kappa shape index (κ3) is 3.06. The smallest absolute Gasteiger partial charge is 0.277 e. The molecule has 19 heavy (non-hydrogen) atoms. The highest BCUT2D eigenvalue weighted by atomic mass is 32.2. The number of piperazine rings is 1. The van der Waals surface area contributed by atoms with Crippen molar-refractivity contribution >= 4 is 33.1 Å². The van der Waals surface area contributed by atoms with E-state index in [-0.39, 0.29) is 19.0 Å². The Morgan fingerprint density at radius 3 is 2.32 bits per heavy atom. The molecule has 0 aromatic carbocycles. The Kier molecular flexibility index (Phi) is 3.81. The van der Waals surface area contributed by atoms with Crippen LogP contribution in [0.4, 0.5) is 5.69 Å². The highest BCUT2D eigenvalue weighted by Crippen LogP contribution is 2.25. The molecule has 0 aliphatic carbocycles. The Morgan fingerprint density at radius 1 is 1.32 bits per heavy atom. The molecular weight excluding hydrogens is 288 g/mol. The third-order valence-electron chi connectivity index (χ3n) is 3.05. The second-order valence-corrected chi connectivity index (χ2v) is 7.16. The lowest BCUT2D eigenvalue weighted by atomic mass is 10.3. The van der Waals surface area contributed by atoms with Crippen LogP contribution in [0.2, 0.25) is 0 Å². The molecule has 0 atom stereocenters. The van der Waals surface area contributed by atoms with E-state index < -0.39 is 10.2 Å². The van der Waals surface area contributed by atoms with Crippen molar-refractivity contribution in [3.05, 3.63) is 15.8 Å². The zero-order chi connectivity index (χ0) is 14.2. The molecule has 0 unspecified atom stereocenters. The van der Waals surface area contributed by atoms with Crippen molar-refractivity contribution < 1.29 is 13.2 Å². The SMILES string of the molecule is Cc1sc(C(=O)N2CCN(S(N)(=O)=O)CC2)cc1N. The number of nitrogens with two attached hydrogens (primary N) is 2. The molecule has 1 aromatic rings. The van der Waals surface area contributed by atoms with E-state index in [1.807, 2.05) is 6.92 Å². The van der Waals surface area contributed by atoms with Crippen molar-refractivity contribution in [1.29, 1.82) is 0 Å². The van der Waals surface area contributed by atoms with Crippen LogP contribution in [0.5, 0.6) is 0 Å². The van der Waals surface area contributed by atoms with Crippen molar-refractivity contribution in [3.63, 3.8) is 0 Å². The van der Waals surface area contributed by atoms with Gasteiger partial charge >= 0.3 is 0 Å². The predicted octanol–water partition coefficient (Wildman–Crippen LogP) is -0.400. The molecule has 106 valence electrons. The molecule has 1 aromatic heterocycles. The molecule has 7 nitrogen and oxygen atoms in total. The van der Waals surface area contributed by atoms with E-state index in [0.717, 1.165) is 4.88 Å². The monoisotopic (exact) mass is 304 g/mol. The normalized spacial score (nSPS) is 17.7. The summed E-state index contributed by atoms with van der Waals surface area (Å²) in [6.07, 6.45) is 0. The maximum absolute atomic E-state index is 12.2. The minimum atomic E-state index is -3.66. The lowest BCUT2D eigenvalue weighted by molar-refractivity contribution is 0.0703. The van der Waals surface area contributed by atoms with Gasteiger partial charge < -0.3 is 10.6 Å². The maximum Gasteiger partial charge on any atom is 0.277 e. The first-order chi connectivity index (χ1) is 8.79. The molecule has 2 rings (SSSR count). The van der Waals surface area contributed by atoms with Crippen molar-refractivity contribution in [1.82, 2.24) is 9.21 Å². The van der Waals surface area contributed by atoms with Gasteiger partial charge in [-0.15, -0.1) is 11.3 Å². The second kappa shape index (κ2) is 5.08. The summed E-state index contributed by atoms with van der Waals surface area (Å²) in [6.45, 7) is 2.99. The Hall–Kier alpha value is -1.16. The molecule has 1 saturated heterocycles. The molecule has 0 saturated carbocycles. The molecule has 4 N–H and O–H groups in total. The van der Waals surface area contributed by atoms with Gasteiger partial charge in [0, 0.05) is 36.7 Å². The molecule has 1 aliphatic rings. The number of nitrogens with zero attached hydrogens (tertiary/aromatic N) is 2. The molecule has 0 bridgehead atoms. The zero-order valence-corrected chi connectivity index (χ0v) is 12.1. The van der Waals surface area contributed by atoms with Gasteiger partial charge in [-0.1, -0.05) is 0 Å². The van der Waals surface area contributed by atoms with Crippen molar-refractivity contribution in [2.24, 2.45) is 5.14 Å². The summed E-state index contributed by atoms with van der Waals surface area (Å²) in [5.41, 5.74) is 6.33. The summed E-state index contributed by atoms with van der Waals surface area (Å²) in [7, 11) is -3.66. The number of amides is 1. The van der Waals surface area contributed by atoms with Gasteiger partial charge in [0.25, 0.3) is 16.1 Å². The van der Waals surface area contributed by atoms with Crippen LogP contribution in [0.1, 0.15) is 14.5 Å². The van der Waals surface area contributed by atoms with E-state index in [1.165, 1.54) is 15.6 Å². The number of nitrogen functional groups attached to an aromatic ring is 1. The van der Waals surface area contributed by atoms with Gasteiger partial charge in [-0.2, -0.15) is 12.7 Å². The molecule has 1 amide bonds. The molecular formula is C10H16N4O3S2. The van der Waals surface area contributed by atoms with Crippen LogP contribution in [-0.4, -0.2) is 49.7 Å². The fourth-order valence-electron chi connectivity index (χ4n) is 1.90. The fourth-order valence-corrected chi connectivity index (χ4v) is 3.48. The topological polar surface area (TPSA) is 110 Å². The van der Waals surface area contributed by atoms with Crippen LogP contribution in [-0.2, 0) is 10.2 Å². The van der Waals surface area contributed by atoms with E-state index in [1.54, 1.807) is 11.0 Å². The van der Waals surface area contributed by atoms with Gasteiger partial charge in [-0.05, 0) is 13.0 Å². The predicted molar refractivity (Wildman–Crippen MR) is 74.1 cm³/mol. The number of carbonyl (C=O) groups is 1. The van der Waals surface area contributed by atoms with Crippen LogP contribution < -0.4 is 10.9 Å². The molecule has 1 fully saturated rings. The second-order valence-electron chi connectivity index (χ2n) is 4.36. The Balaban J connectivity index is 2.04. The first kappa shape index (κ1) is 14.3. The minimum absolute atomic E-state index is 0.112. The molecule has 1 aliphatic heterocycles. The van der Waals surface area contributed by atoms with E-state index in [4.69, 9.17) is 10.9 Å². The van der Waals surface area contributed by atoms with Crippen LogP contribution >= 0.6 is 11.3 Å². The number of rotatable bonds is 2. The van der Waals surface area contributed by atoms with Crippen molar-refractivity contribution in [2.45, 2.75) is 6.92 Å². The number of hydrogen-bond acceptors (Lipinski definition) is 5. The zero-order valence-electron chi connectivity index (χ0n) is 10.5. The molecule has 2 heterocycles. The number of thiophene rings is 1. The minimum Gasteiger partial charge on any atom is -0.398 e. The van der Waals surface area contributed by atoms with E-state index in [2.05, 4.69) is 0 Å². The highest BCUT2D eigenvalue weighted by Gasteiger charge is 2.27. The van der Waals surface area contributed by atoms with Crippen LogP contribution in [0.15, 0.2) is 6.07 Å². The van der Waals surface area contributed by atoms with Crippen LogP contribution in [0, 0.1) is 6.92 Å². The summed E-state index contributed by atoms with van der Waals surface area (Å²) in [4.78, 5) is 15.3. The van der Waals surface area contributed by atoms with E-state index in [9.17, 15) is 13.2 Å².